The first-order valence-electron chi connectivity index (χ1n) is 8.60. The molecule has 0 saturated heterocycles. The topological polar surface area (TPSA) is 116 Å². The van der Waals surface area contributed by atoms with Gasteiger partial charge in [0.15, 0.2) is 0 Å². The van der Waals surface area contributed by atoms with Gasteiger partial charge in [0, 0.05) is 23.4 Å². The van der Waals surface area contributed by atoms with Crippen molar-refractivity contribution in [1.82, 2.24) is 4.98 Å². The Morgan fingerprint density at radius 3 is 1.96 bits per heavy atom. The molecule has 7 heteroatoms. The number of aromatic nitrogens is 1. The number of nitrogens with zero attached hydrogens (tertiary/aromatic N) is 1. The molecule has 1 heterocycles. The second kappa shape index (κ2) is 7.89. The third-order valence-electron chi connectivity index (χ3n) is 4.44. The standard InChI is InChI=1S/C21H19N3O4/c1-12-11-18(22-16-7-3-14(4-8-16)20(25)26)24-19(13(12)2)23-17-9-5-15(6-10-17)21(27)28/h3-11H,1-2H3,(H,25,26)(H,27,28)(H2,22,23,24)/p+1. The van der Waals surface area contributed by atoms with Crippen LogP contribution in [0.3, 0.4) is 0 Å². The van der Waals surface area contributed by atoms with Gasteiger partial charge in [-0.1, -0.05) is 0 Å². The van der Waals surface area contributed by atoms with Crippen LogP contribution in [0.25, 0.3) is 0 Å². The summed E-state index contributed by atoms with van der Waals surface area (Å²) in [4.78, 5) is 26.6. The van der Waals surface area contributed by atoms with E-state index < -0.39 is 11.9 Å². The highest BCUT2D eigenvalue weighted by molar-refractivity contribution is 5.88. The highest BCUT2D eigenvalue weighted by Gasteiger charge is 2.13. The fourth-order valence-electron chi connectivity index (χ4n) is 2.69. The molecule has 0 aliphatic carbocycles. The predicted molar refractivity (Wildman–Crippen MR) is 105 cm³/mol. The lowest BCUT2D eigenvalue weighted by Gasteiger charge is -2.11. The van der Waals surface area contributed by atoms with Gasteiger partial charge in [0.2, 0.25) is 5.82 Å². The molecule has 0 fully saturated rings. The number of nitrogens with one attached hydrogen (secondary N) is 1. The number of rotatable bonds is 6. The van der Waals surface area contributed by atoms with E-state index in [0.717, 1.165) is 28.3 Å². The molecule has 0 aliphatic heterocycles. The van der Waals surface area contributed by atoms with E-state index in [2.05, 4.69) is 10.3 Å². The zero-order valence-electron chi connectivity index (χ0n) is 15.4. The van der Waals surface area contributed by atoms with E-state index in [1.165, 1.54) is 12.1 Å². The second-order valence-electron chi connectivity index (χ2n) is 6.41. The monoisotopic (exact) mass is 378 g/mol. The number of hydrogen-bond acceptors (Lipinski definition) is 4. The third-order valence-corrected chi connectivity index (χ3v) is 4.44. The zero-order valence-corrected chi connectivity index (χ0v) is 15.4. The molecule has 0 unspecified atom stereocenters. The summed E-state index contributed by atoms with van der Waals surface area (Å²) in [6.45, 7) is 3.96. The minimum atomic E-state index is -0.971. The van der Waals surface area contributed by atoms with E-state index in [0.29, 0.717) is 5.82 Å². The van der Waals surface area contributed by atoms with Crippen molar-refractivity contribution in [3.05, 3.63) is 76.9 Å². The van der Waals surface area contributed by atoms with Crippen LogP contribution in [-0.4, -0.2) is 27.1 Å². The minimum absolute atomic E-state index is 0.220. The Balaban J connectivity index is 1.83. The van der Waals surface area contributed by atoms with Crippen molar-refractivity contribution in [3.8, 4) is 0 Å². The van der Waals surface area contributed by atoms with E-state index in [9.17, 15) is 9.59 Å². The van der Waals surface area contributed by atoms with Gasteiger partial charge in [-0.05, 0) is 61.9 Å². The number of aromatic carboxylic acids is 2. The molecular weight excluding hydrogens is 358 g/mol. The molecule has 28 heavy (non-hydrogen) atoms. The largest absolute Gasteiger partial charge is 0.478 e. The summed E-state index contributed by atoms with van der Waals surface area (Å²) < 4.78 is 0. The lowest BCUT2D eigenvalue weighted by Crippen LogP contribution is -2.72. The number of carboxylic acid groups (broad SMARTS) is 2. The predicted octanol–water partition coefficient (Wildman–Crippen LogP) is 3.37. The molecule has 0 spiro atoms. The average molecular weight is 378 g/mol. The quantitative estimate of drug-likeness (QED) is 0.489. The summed E-state index contributed by atoms with van der Waals surface area (Å²) in [7, 11) is 0. The molecule has 0 bridgehead atoms. The number of quaternary nitrogens is 1. The fraction of sp³-hybridized carbons (Fsp3) is 0.0952. The Labute approximate surface area is 161 Å². The molecule has 142 valence electrons. The van der Waals surface area contributed by atoms with Gasteiger partial charge in [-0.3, -0.25) is 5.32 Å². The summed E-state index contributed by atoms with van der Waals surface area (Å²) in [5, 5.41) is 23.1. The number of aryl methyl sites for hydroxylation is 1. The summed E-state index contributed by atoms with van der Waals surface area (Å²) >= 11 is 0. The van der Waals surface area contributed by atoms with E-state index in [4.69, 9.17) is 10.2 Å². The molecule has 7 nitrogen and oxygen atoms in total. The van der Waals surface area contributed by atoms with Gasteiger partial charge in [-0.2, -0.15) is 4.98 Å². The molecule has 0 aliphatic rings. The molecule has 0 saturated carbocycles. The smallest absolute Gasteiger partial charge is 0.335 e. The first-order valence-corrected chi connectivity index (χ1v) is 8.60. The number of pyridine rings is 1. The maximum Gasteiger partial charge on any atom is 0.335 e. The number of hydrogen-bond donors (Lipinski definition) is 4. The van der Waals surface area contributed by atoms with Gasteiger partial charge in [0.25, 0.3) is 0 Å². The molecule has 0 atom stereocenters. The number of benzene rings is 2. The number of carboxylic acids is 2. The maximum atomic E-state index is 11.0. The van der Waals surface area contributed by atoms with Crippen LogP contribution in [0.5, 0.6) is 0 Å². The van der Waals surface area contributed by atoms with Crippen LogP contribution in [0.2, 0.25) is 0 Å². The van der Waals surface area contributed by atoms with Crippen molar-refractivity contribution in [2.24, 2.45) is 0 Å². The summed E-state index contributed by atoms with van der Waals surface area (Å²) in [6.07, 6.45) is 0. The van der Waals surface area contributed by atoms with Crippen LogP contribution in [0.15, 0.2) is 54.6 Å². The SMILES string of the molecule is Cc1cc(Nc2ccc(C(=O)O)cc2)nc([NH2+]c2ccc(C(=O)O)cc2)c1C. The van der Waals surface area contributed by atoms with E-state index in [-0.39, 0.29) is 11.1 Å². The van der Waals surface area contributed by atoms with Crippen LogP contribution in [0.1, 0.15) is 31.8 Å². The van der Waals surface area contributed by atoms with Crippen molar-refractivity contribution < 1.29 is 25.1 Å². The molecule has 1 aromatic heterocycles. The first kappa shape index (κ1) is 19.1. The maximum absolute atomic E-state index is 11.0. The summed E-state index contributed by atoms with van der Waals surface area (Å²) in [5.74, 6) is -0.522. The Kier molecular flexibility index (Phi) is 5.37. The van der Waals surface area contributed by atoms with Crippen molar-refractivity contribution in [1.29, 1.82) is 0 Å². The first-order chi connectivity index (χ1) is 13.3. The molecule has 5 N–H and O–H groups in total. The molecule has 3 rings (SSSR count). The number of nitrogens with two attached hydrogens (primary N) is 1. The second-order valence-corrected chi connectivity index (χ2v) is 6.41. The van der Waals surface area contributed by atoms with Gasteiger partial charge in [-0.25, -0.2) is 9.59 Å². The Hall–Kier alpha value is -3.71. The third kappa shape index (κ3) is 4.33. The molecule has 0 amide bonds. The van der Waals surface area contributed by atoms with Crippen LogP contribution in [-0.2, 0) is 0 Å². The van der Waals surface area contributed by atoms with Crippen LogP contribution in [0.4, 0.5) is 23.0 Å². The van der Waals surface area contributed by atoms with Crippen molar-refractivity contribution in [2.75, 3.05) is 5.32 Å². The molecule has 3 aromatic rings. The highest BCUT2D eigenvalue weighted by Crippen LogP contribution is 2.21. The number of carbonyl (C=O) groups is 2. The highest BCUT2D eigenvalue weighted by atomic mass is 16.4. The van der Waals surface area contributed by atoms with E-state index in [1.807, 2.05) is 25.2 Å². The van der Waals surface area contributed by atoms with Gasteiger partial charge < -0.3 is 15.5 Å². The van der Waals surface area contributed by atoms with Gasteiger partial charge in [0.1, 0.15) is 11.5 Å². The van der Waals surface area contributed by atoms with Crippen molar-refractivity contribution in [3.63, 3.8) is 0 Å². The molecule has 2 aromatic carbocycles. The van der Waals surface area contributed by atoms with Gasteiger partial charge in [-0.15, -0.1) is 0 Å². The van der Waals surface area contributed by atoms with Crippen LogP contribution in [0, 0.1) is 13.8 Å². The normalized spacial score (nSPS) is 10.5. The van der Waals surface area contributed by atoms with E-state index >= 15 is 0 Å². The van der Waals surface area contributed by atoms with Crippen LogP contribution < -0.4 is 10.6 Å². The molecule has 0 radical (unpaired) electrons. The number of anilines is 2. The van der Waals surface area contributed by atoms with Crippen molar-refractivity contribution >= 4 is 34.9 Å². The minimum Gasteiger partial charge on any atom is -0.478 e. The Morgan fingerprint density at radius 1 is 0.893 bits per heavy atom. The molecular formula is C21H20N3O4+. The average Bonchev–Trinajstić information content (AvgIpc) is 2.66. The zero-order chi connectivity index (χ0) is 20.3. The summed E-state index contributed by atoms with van der Waals surface area (Å²) in [5.41, 5.74) is 4.11. The fourth-order valence-corrected chi connectivity index (χ4v) is 2.69. The Bertz CT molecular complexity index is 1030. The van der Waals surface area contributed by atoms with E-state index in [1.54, 1.807) is 36.4 Å². The lowest BCUT2D eigenvalue weighted by atomic mass is 10.1. The lowest BCUT2D eigenvalue weighted by molar-refractivity contribution is -0.483. The van der Waals surface area contributed by atoms with Gasteiger partial charge >= 0.3 is 11.9 Å². The van der Waals surface area contributed by atoms with Gasteiger partial charge in [0.05, 0.1) is 11.1 Å². The summed E-state index contributed by atoms with van der Waals surface area (Å²) in [6, 6.07) is 15.0. The van der Waals surface area contributed by atoms with Crippen LogP contribution >= 0.6 is 0 Å². The van der Waals surface area contributed by atoms with Crippen molar-refractivity contribution in [2.45, 2.75) is 13.8 Å². The Morgan fingerprint density at radius 2 is 1.43 bits per heavy atom.